The van der Waals surface area contributed by atoms with E-state index in [1.807, 2.05) is 72.2 Å². The maximum absolute atomic E-state index is 13.5. The number of carbonyl (C=O) groups is 1. The molecule has 7 heteroatoms. The van der Waals surface area contributed by atoms with E-state index in [9.17, 15) is 9.18 Å². The lowest BCUT2D eigenvalue weighted by molar-refractivity contribution is -0.120. The lowest BCUT2D eigenvalue weighted by Gasteiger charge is -2.14. The minimum absolute atomic E-state index is 0.0860. The van der Waals surface area contributed by atoms with Crippen LogP contribution in [0.5, 0.6) is 0 Å². The van der Waals surface area contributed by atoms with Gasteiger partial charge in [-0.15, -0.1) is 10.2 Å². The van der Waals surface area contributed by atoms with Crippen LogP contribution in [0.4, 0.5) is 4.39 Å². The Hall–Kier alpha value is -3.45. The van der Waals surface area contributed by atoms with Gasteiger partial charge in [0.15, 0.2) is 5.16 Å². The van der Waals surface area contributed by atoms with Crippen molar-refractivity contribution < 1.29 is 9.18 Å². The molecule has 0 fully saturated rings. The Balaban J connectivity index is 1.54. The molecule has 0 aliphatic heterocycles. The van der Waals surface area contributed by atoms with Gasteiger partial charge < -0.3 is 5.32 Å². The highest BCUT2D eigenvalue weighted by Gasteiger charge is 2.21. The zero-order valence-corrected chi connectivity index (χ0v) is 18.4. The van der Waals surface area contributed by atoms with Crippen LogP contribution in [-0.4, -0.2) is 25.9 Å². The predicted octanol–water partition coefficient (Wildman–Crippen LogP) is 4.79. The fraction of sp³-hybridized carbons (Fsp3) is 0.160. The number of hydrogen-bond donors (Lipinski definition) is 1. The second-order valence-corrected chi connectivity index (χ2v) is 8.64. The van der Waals surface area contributed by atoms with Crippen LogP contribution in [0, 0.1) is 5.82 Å². The van der Waals surface area contributed by atoms with Crippen molar-refractivity contribution in [1.29, 1.82) is 0 Å². The van der Waals surface area contributed by atoms with Gasteiger partial charge in [0.05, 0.1) is 5.25 Å². The van der Waals surface area contributed by atoms with Gasteiger partial charge in [-0.1, -0.05) is 72.4 Å². The van der Waals surface area contributed by atoms with Gasteiger partial charge >= 0.3 is 0 Å². The van der Waals surface area contributed by atoms with Crippen LogP contribution in [0.3, 0.4) is 0 Å². The average Bonchev–Trinajstić information content (AvgIpc) is 3.21. The molecule has 3 aromatic carbocycles. The zero-order chi connectivity index (χ0) is 22.3. The summed E-state index contributed by atoms with van der Waals surface area (Å²) in [6, 6.07) is 25.9. The summed E-state index contributed by atoms with van der Waals surface area (Å²) in [6.45, 7) is 2.31. The van der Waals surface area contributed by atoms with E-state index >= 15 is 0 Å². The molecule has 0 spiro atoms. The first-order chi connectivity index (χ1) is 15.6. The first kappa shape index (κ1) is 21.8. The summed E-state index contributed by atoms with van der Waals surface area (Å²) in [4.78, 5) is 12.7. The van der Waals surface area contributed by atoms with E-state index in [4.69, 9.17) is 0 Å². The Labute approximate surface area is 190 Å². The molecule has 162 valence electrons. The van der Waals surface area contributed by atoms with Crippen LogP contribution in [0.1, 0.15) is 23.9 Å². The molecule has 1 N–H and O–H groups in total. The lowest BCUT2D eigenvalue weighted by Crippen LogP contribution is -2.30. The van der Waals surface area contributed by atoms with E-state index in [1.54, 1.807) is 12.1 Å². The van der Waals surface area contributed by atoms with Gasteiger partial charge in [0.1, 0.15) is 11.6 Å². The number of rotatable bonds is 8. The van der Waals surface area contributed by atoms with Crippen molar-refractivity contribution in [3.8, 4) is 5.69 Å². The van der Waals surface area contributed by atoms with Crippen LogP contribution in [0.25, 0.3) is 5.69 Å². The van der Waals surface area contributed by atoms with Gasteiger partial charge in [0.25, 0.3) is 0 Å². The van der Waals surface area contributed by atoms with Crippen molar-refractivity contribution in [2.75, 3.05) is 0 Å². The Morgan fingerprint density at radius 2 is 1.56 bits per heavy atom. The number of aromatic nitrogens is 3. The molecule has 0 radical (unpaired) electrons. The van der Waals surface area contributed by atoms with Gasteiger partial charge in [-0.25, -0.2) is 4.39 Å². The van der Waals surface area contributed by atoms with Gasteiger partial charge in [0.2, 0.25) is 5.91 Å². The fourth-order valence-corrected chi connectivity index (χ4v) is 4.17. The van der Waals surface area contributed by atoms with Gasteiger partial charge in [-0.05, 0) is 42.3 Å². The summed E-state index contributed by atoms with van der Waals surface area (Å²) in [7, 11) is 0. The molecule has 1 amide bonds. The van der Waals surface area contributed by atoms with Gasteiger partial charge in [0, 0.05) is 18.7 Å². The van der Waals surface area contributed by atoms with Crippen LogP contribution in [0.15, 0.2) is 90.1 Å². The molecular weight excluding hydrogens is 423 g/mol. The monoisotopic (exact) mass is 446 g/mol. The first-order valence-electron chi connectivity index (χ1n) is 10.3. The molecule has 0 bridgehead atoms. The summed E-state index contributed by atoms with van der Waals surface area (Å²) in [5.74, 6) is 0.327. The molecule has 5 nitrogen and oxygen atoms in total. The average molecular weight is 447 g/mol. The molecular formula is C25H23FN4OS. The minimum atomic E-state index is -0.383. The van der Waals surface area contributed by atoms with Gasteiger partial charge in [-0.3, -0.25) is 9.36 Å². The third-order valence-corrected chi connectivity index (χ3v) is 5.99. The van der Waals surface area contributed by atoms with Crippen molar-refractivity contribution >= 4 is 17.7 Å². The van der Waals surface area contributed by atoms with Crippen molar-refractivity contribution in [3.63, 3.8) is 0 Å². The maximum atomic E-state index is 13.5. The first-order valence-corrected chi connectivity index (χ1v) is 11.2. The molecule has 1 aromatic heterocycles. The maximum Gasteiger partial charge on any atom is 0.233 e. The third-order valence-electron chi connectivity index (χ3n) is 4.95. The normalized spacial score (nSPS) is 11.8. The molecule has 4 rings (SSSR count). The highest BCUT2D eigenvalue weighted by atomic mass is 32.2. The van der Waals surface area contributed by atoms with Crippen molar-refractivity contribution in [1.82, 2.24) is 20.1 Å². The van der Waals surface area contributed by atoms with Crippen molar-refractivity contribution in [3.05, 3.63) is 108 Å². The summed E-state index contributed by atoms with van der Waals surface area (Å²) in [5.41, 5.74) is 2.88. The standard InChI is InChI=1S/C25H23FN4OS/c1-18(24(31)27-17-20-10-6-3-7-11-20)32-25-29-28-23(16-19-8-4-2-5-9-19)30(25)22-14-12-21(26)13-15-22/h2-15,18H,16-17H2,1H3,(H,27,31)/t18-/m0/s1. The van der Waals surface area contributed by atoms with Crippen LogP contribution >= 0.6 is 11.8 Å². The zero-order valence-electron chi connectivity index (χ0n) is 17.6. The summed E-state index contributed by atoms with van der Waals surface area (Å²) < 4.78 is 15.4. The van der Waals surface area contributed by atoms with E-state index in [-0.39, 0.29) is 17.0 Å². The van der Waals surface area contributed by atoms with Crippen LogP contribution in [0.2, 0.25) is 0 Å². The summed E-state index contributed by atoms with van der Waals surface area (Å²) >= 11 is 1.33. The molecule has 4 aromatic rings. The molecule has 1 atom stereocenters. The topological polar surface area (TPSA) is 59.8 Å². The largest absolute Gasteiger partial charge is 0.351 e. The second kappa shape index (κ2) is 10.2. The Bertz CT molecular complexity index is 1160. The lowest BCUT2D eigenvalue weighted by atomic mass is 10.1. The highest BCUT2D eigenvalue weighted by molar-refractivity contribution is 8.00. The Morgan fingerprint density at radius 1 is 0.938 bits per heavy atom. The number of nitrogens with one attached hydrogen (secondary N) is 1. The van der Waals surface area contributed by atoms with E-state index in [1.165, 1.54) is 23.9 Å². The predicted molar refractivity (Wildman–Crippen MR) is 124 cm³/mol. The summed E-state index contributed by atoms with van der Waals surface area (Å²) in [6.07, 6.45) is 0.570. The Kier molecular flexibility index (Phi) is 6.97. The van der Waals surface area contributed by atoms with E-state index in [2.05, 4.69) is 15.5 Å². The Morgan fingerprint density at radius 3 is 2.22 bits per heavy atom. The number of carbonyl (C=O) groups excluding carboxylic acids is 1. The number of hydrogen-bond acceptors (Lipinski definition) is 4. The van der Waals surface area contributed by atoms with Crippen molar-refractivity contribution in [2.45, 2.75) is 30.3 Å². The smallest absolute Gasteiger partial charge is 0.233 e. The highest BCUT2D eigenvalue weighted by Crippen LogP contribution is 2.27. The van der Waals surface area contributed by atoms with E-state index in [0.29, 0.717) is 18.1 Å². The molecule has 32 heavy (non-hydrogen) atoms. The van der Waals surface area contributed by atoms with Crippen LogP contribution in [-0.2, 0) is 17.8 Å². The molecule has 0 saturated heterocycles. The third kappa shape index (κ3) is 5.42. The van der Waals surface area contributed by atoms with Crippen molar-refractivity contribution in [2.24, 2.45) is 0 Å². The molecule has 1 heterocycles. The molecule has 0 unspecified atom stereocenters. The molecule has 0 aliphatic carbocycles. The van der Waals surface area contributed by atoms with E-state index in [0.717, 1.165) is 22.6 Å². The SMILES string of the molecule is C[C@H](Sc1nnc(Cc2ccccc2)n1-c1ccc(F)cc1)C(=O)NCc1ccccc1. The number of thioether (sulfide) groups is 1. The second-order valence-electron chi connectivity index (χ2n) is 7.34. The number of benzene rings is 3. The summed E-state index contributed by atoms with van der Waals surface area (Å²) in [5, 5.41) is 11.9. The number of nitrogens with zero attached hydrogens (tertiary/aromatic N) is 3. The molecule has 0 aliphatic rings. The number of halogens is 1. The quantitative estimate of drug-likeness (QED) is 0.395. The van der Waals surface area contributed by atoms with Crippen LogP contribution < -0.4 is 5.32 Å². The minimum Gasteiger partial charge on any atom is -0.351 e. The fourth-order valence-electron chi connectivity index (χ4n) is 3.26. The van der Waals surface area contributed by atoms with E-state index < -0.39 is 0 Å². The molecule has 0 saturated carbocycles. The van der Waals surface area contributed by atoms with Gasteiger partial charge in [-0.2, -0.15) is 0 Å². The number of amides is 1.